The van der Waals surface area contributed by atoms with Crippen molar-refractivity contribution in [2.45, 2.75) is 31.5 Å². The first-order chi connectivity index (χ1) is 17.3. The van der Waals surface area contributed by atoms with Crippen LogP contribution in [0.25, 0.3) is 0 Å². The van der Waals surface area contributed by atoms with Gasteiger partial charge >= 0.3 is 0 Å². The normalized spacial score (nSPS) is 25.8. The van der Waals surface area contributed by atoms with Gasteiger partial charge in [0.25, 0.3) is 0 Å². The maximum absolute atomic E-state index is 13.9. The van der Waals surface area contributed by atoms with E-state index in [1.165, 1.54) is 12.1 Å². The van der Waals surface area contributed by atoms with Gasteiger partial charge in [0, 0.05) is 35.0 Å². The number of benzene rings is 3. The Morgan fingerprint density at radius 3 is 1.53 bits per heavy atom. The number of halogens is 1. The summed E-state index contributed by atoms with van der Waals surface area (Å²) in [7, 11) is 6.47. The maximum atomic E-state index is 13.9. The molecule has 1 heterocycles. The number of hydrogen-bond donors (Lipinski definition) is 2. The Morgan fingerprint density at radius 1 is 0.694 bits per heavy atom. The first kappa shape index (κ1) is 25.8. The van der Waals surface area contributed by atoms with Crippen molar-refractivity contribution in [1.82, 2.24) is 5.32 Å². The van der Waals surface area contributed by atoms with E-state index < -0.39 is 5.60 Å². The predicted octanol–water partition coefficient (Wildman–Crippen LogP) is 5.41. The second-order valence-electron chi connectivity index (χ2n) is 9.25. The molecule has 192 valence electrons. The molecule has 3 aromatic rings. The van der Waals surface area contributed by atoms with Gasteiger partial charge in [-0.15, -0.1) is 0 Å². The molecule has 6 nitrogen and oxygen atoms in total. The van der Waals surface area contributed by atoms with E-state index in [1.807, 2.05) is 50.2 Å². The molecule has 2 N–H and O–H groups in total. The van der Waals surface area contributed by atoms with Gasteiger partial charge in [-0.25, -0.2) is 4.39 Å². The van der Waals surface area contributed by atoms with Gasteiger partial charge in [0.2, 0.25) is 0 Å². The molecule has 1 aliphatic heterocycles. The Morgan fingerprint density at radius 2 is 1.14 bits per heavy atom. The average Bonchev–Trinajstić information content (AvgIpc) is 2.91. The second kappa shape index (κ2) is 10.4. The van der Waals surface area contributed by atoms with E-state index >= 15 is 0 Å². The first-order valence-electron chi connectivity index (χ1n) is 12.0. The molecule has 0 radical (unpaired) electrons. The Hall–Kier alpha value is -3.29. The zero-order chi connectivity index (χ0) is 26.0. The number of ether oxygens (including phenoxy) is 4. The maximum Gasteiger partial charge on any atom is 0.123 e. The molecule has 0 bridgehead atoms. The van der Waals surface area contributed by atoms with Crippen LogP contribution in [0.4, 0.5) is 4.39 Å². The number of methoxy groups -OCH3 is 4. The minimum atomic E-state index is -1.32. The van der Waals surface area contributed by atoms with Crippen LogP contribution in [0.3, 0.4) is 0 Å². The van der Waals surface area contributed by atoms with E-state index in [9.17, 15) is 9.50 Å². The Kier molecular flexibility index (Phi) is 7.43. The van der Waals surface area contributed by atoms with E-state index in [2.05, 4.69) is 5.32 Å². The van der Waals surface area contributed by atoms with Gasteiger partial charge in [0.15, 0.2) is 0 Å². The summed E-state index contributed by atoms with van der Waals surface area (Å²) in [6.45, 7) is 3.99. The number of hydrogen-bond acceptors (Lipinski definition) is 6. The van der Waals surface area contributed by atoms with Gasteiger partial charge in [-0.2, -0.15) is 0 Å². The molecule has 1 saturated heterocycles. The van der Waals surface area contributed by atoms with E-state index in [0.717, 1.165) is 11.1 Å². The highest BCUT2D eigenvalue weighted by Gasteiger charge is 2.53. The highest BCUT2D eigenvalue weighted by molar-refractivity contribution is 5.47. The molecule has 0 amide bonds. The zero-order valence-corrected chi connectivity index (χ0v) is 21.5. The molecule has 1 aliphatic rings. The minimum absolute atomic E-state index is 0.327. The summed E-state index contributed by atoms with van der Waals surface area (Å²) in [4.78, 5) is 0. The molecule has 3 aromatic carbocycles. The van der Waals surface area contributed by atoms with Crippen molar-refractivity contribution in [2.75, 3.05) is 28.4 Å². The van der Waals surface area contributed by atoms with E-state index in [1.54, 1.807) is 40.6 Å². The topological polar surface area (TPSA) is 69.2 Å². The van der Waals surface area contributed by atoms with Crippen molar-refractivity contribution in [2.24, 2.45) is 11.8 Å². The second-order valence-corrected chi connectivity index (χ2v) is 9.25. The van der Waals surface area contributed by atoms with E-state index in [0.29, 0.717) is 28.6 Å². The Labute approximate surface area is 212 Å². The van der Waals surface area contributed by atoms with Crippen LogP contribution in [0.2, 0.25) is 0 Å². The van der Waals surface area contributed by atoms with Crippen molar-refractivity contribution in [3.63, 3.8) is 0 Å². The van der Waals surface area contributed by atoms with Gasteiger partial charge in [-0.05, 0) is 54.1 Å². The standard InChI is InChI=1S/C29H34FNO5/c1-17-27(23-15-21(33-3)11-13-25(23)35-5)31-28(24-16-22(34-4)12-14-26(24)36-6)18(2)29(17,32)19-7-9-20(30)10-8-19/h7-18,27-28,31-32H,1-6H3/t17-,18-,27-,28+,29?/m1/s1. The van der Waals surface area contributed by atoms with Gasteiger partial charge in [-0.3, -0.25) is 0 Å². The zero-order valence-electron chi connectivity index (χ0n) is 21.5. The molecular formula is C29H34FNO5. The Balaban J connectivity index is 1.94. The van der Waals surface area contributed by atoms with E-state index in [4.69, 9.17) is 18.9 Å². The summed E-state index contributed by atoms with van der Waals surface area (Å²) in [5, 5.41) is 16.3. The molecule has 5 atom stereocenters. The predicted molar refractivity (Wildman–Crippen MR) is 136 cm³/mol. The van der Waals surface area contributed by atoms with Crippen LogP contribution in [0.15, 0.2) is 60.7 Å². The summed E-state index contributed by atoms with van der Waals surface area (Å²) < 4.78 is 36.3. The number of aliphatic hydroxyl groups is 1. The Bertz CT molecular complexity index is 1130. The highest BCUT2D eigenvalue weighted by atomic mass is 19.1. The monoisotopic (exact) mass is 495 g/mol. The summed E-state index contributed by atoms with van der Waals surface area (Å²) in [5.74, 6) is 1.70. The van der Waals surface area contributed by atoms with Crippen LogP contribution in [0.5, 0.6) is 23.0 Å². The van der Waals surface area contributed by atoms with Crippen LogP contribution in [0.1, 0.15) is 42.6 Å². The average molecular weight is 496 g/mol. The van der Waals surface area contributed by atoms with Crippen LogP contribution in [-0.2, 0) is 5.60 Å². The van der Waals surface area contributed by atoms with Crippen molar-refractivity contribution < 1.29 is 28.4 Å². The third kappa shape index (κ3) is 4.38. The summed E-state index contributed by atoms with van der Waals surface area (Å²) in [5.41, 5.74) is 1.02. The largest absolute Gasteiger partial charge is 0.497 e. The fourth-order valence-corrected chi connectivity index (χ4v) is 5.53. The van der Waals surface area contributed by atoms with Crippen molar-refractivity contribution in [3.8, 4) is 23.0 Å². The molecule has 0 aliphatic carbocycles. The first-order valence-corrected chi connectivity index (χ1v) is 12.0. The quantitative estimate of drug-likeness (QED) is 0.457. The van der Waals surface area contributed by atoms with Gasteiger partial charge < -0.3 is 29.4 Å². The van der Waals surface area contributed by atoms with Gasteiger partial charge in [0.1, 0.15) is 28.8 Å². The highest BCUT2D eigenvalue weighted by Crippen LogP contribution is 2.54. The molecule has 1 fully saturated rings. The summed E-state index contributed by atoms with van der Waals surface area (Å²) >= 11 is 0. The molecule has 36 heavy (non-hydrogen) atoms. The van der Waals surface area contributed by atoms with Crippen LogP contribution in [0, 0.1) is 17.7 Å². The molecule has 0 spiro atoms. The van der Waals surface area contributed by atoms with Crippen LogP contribution in [-0.4, -0.2) is 33.5 Å². The third-order valence-electron chi connectivity index (χ3n) is 7.60. The van der Waals surface area contributed by atoms with E-state index in [-0.39, 0.29) is 29.7 Å². The molecule has 0 saturated carbocycles. The molecule has 1 unspecified atom stereocenters. The molecule has 0 aromatic heterocycles. The lowest BCUT2D eigenvalue weighted by Gasteiger charge is -2.52. The van der Waals surface area contributed by atoms with Gasteiger partial charge in [-0.1, -0.05) is 26.0 Å². The molecule has 7 heteroatoms. The van der Waals surface area contributed by atoms with Crippen LogP contribution < -0.4 is 24.3 Å². The fraction of sp³-hybridized carbons (Fsp3) is 0.379. The van der Waals surface area contributed by atoms with Crippen molar-refractivity contribution in [3.05, 3.63) is 83.2 Å². The summed E-state index contributed by atoms with van der Waals surface area (Å²) in [6, 6.07) is 16.7. The molecular weight excluding hydrogens is 461 g/mol. The SMILES string of the molecule is COc1ccc(OC)c([C@H]2N[C@@H](c3cc(OC)ccc3OC)[C@@H](C)C(O)(c3ccc(F)cc3)[C@@H]2C)c1. The fourth-order valence-electron chi connectivity index (χ4n) is 5.53. The van der Waals surface area contributed by atoms with Crippen LogP contribution >= 0.6 is 0 Å². The smallest absolute Gasteiger partial charge is 0.123 e. The third-order valence-corrected chi connectivity index (χ3v) is 7.60. The van der Waals surface area contributed by atoms with Crippen molar-refractivity contribution >= 4 is 0 Å². The summed E-state index contributed by atoms with van der Waals surface area (Å²) in [6.07, 6.45) is 0. The minimum Gasteiger partial charge on any atom is -0.497 e. The lowest BCUT2D eigenvalue weighted by atomic mass is 9.63. The number of nitrogens with one attached hydrogen (secondary N) is 1. The molecule has 4 rings (SSSR count). The number of piperidine rings is 1. The van der Waals surface area contributed by atoms with Crippen molar-refractivity contribution in [1.29, 1.82) is 0 Å². The van der Waals surface area contributed by atoms with Gasteiger partial charge in [0.05, 0.1) is 34.0 Å². The number of rotatable bonds is 7. The lowest BCUT2D eigenvalue weighted by Crippen LogP contribution is -2.55. The lowest BCUT2D eigenvalue weighted by molar-refractivity contribution is -0.118.